The number of aromatic nitrogens is 1. The second-order valence-corrected chi connectivity index (χ2v) is 17.4. The van der Waals surface area contributed by atoms with Crippen LogP contribution in [0.15, 0.2) is 249 Å². The van der Waals surface area contributed by atoms with Crippen molar-refractivity contribution in [3.05, 3.63) is 282 Å². The highest BCUT2D eigenvalue weighted by atomic mass is 15.3. The van der Waals surface area contributed by atoms with E-state index in [9.17, 15) is 0 Å². The number of benzene rings is 10. The van der Waals surface area contributed by atoms with Crippen molar-refractivity contribution >= 4 is 55.9 Å². The van der Waals surface area contributed by atoms with Gasteiger partial charge in [-0.1, -0.05) is 176 Å². The van der Waals surface area contributed by atoms with Gasteiger partial charge in [-0.05, 0) is 136 Å². The van der Waals surface area contributed by atoms with E-state index in [2.05, 4.69) is 277 Å². The lowest BCUT2D eigenvalue weighted by molar-refractivity contribution is 0.768. The number of rotatable bonds is 9. The van der Waals surface area contributed by atoms with Crippen molar-refractivity contribution in [1.29, 1.82) is 0 Å². The van der Waals surface area contributed by atoms with Gasteiger partial charge in [-0.3, -0.25) is 9.47 Å². The van der Waals surface area contributed by atoms with Gasteiger partial charge in [-0.2, -0.15) is 0 Å². The van der Waals surface area contributed by atoms with Crippen LogP contribution in [0, 0.1) is 13.8 Å². The predicted molar refractivity (Wildman–Crippen MR) is 277 cm³/mol. The largest absolute Gasteiger partial charge is 0.310 e. The molecule has 3 heteroatoms. The van der Waals surface area contributed by atoms with Gasteiger partial charge < -0.3 is 4.90 Å². The first-order chi connectivity index (χ1) is 32.6. The molecule has 0 aliphatic heterocycles. The van der Waals surface area contributed by atoms with Crippen LogP contribution < -0.4 is 9.80 Å². The van der Waals surface area contributed by atoms with Gasteiger partial charge in [0.05, 0.1) is 16.6 Å². The maximum atomic E-state index is 2.46. The van der Waals surface area contributed by atoms with Crippen LogP contribution in [0.5, 0.6) is 0 Å². The van der Waals surface area contributed by atoms with Crippen LogP contribution in [0.1, 0.15) is 33.4 Å². The van der Waals surface area contributed by atoms with Crippen LogP contribution in [0.4, 0.5) is 34.3 Å². The molecule has 0 bridgehead atoms. The van der Waals surface area contributed by atoms with Gasteiger partial charge in [0.1, 0.15) is 5.82 Å². The fourth-order valence-corrected chi connectivity index (χ4v) is 10.8. The summed E-state index contributed by atoms with van der Waals surface area (Å²) >= 11 is 0. The van der Waals surface area contributed by atoms with Gasteiger partial charge in [-0.15, -0.1) is 0 Å². The van der Waals surface area contributed by atoms with Crippen LogP contribution in [0.2, 0.25) is 0 Å². The molecule has 0 spiro atoms. The molecule has 1 aromatic heterocycles. The summed E-state index contributed by atoms with van der Waals surface area (Å²) in [6.45, 7) is 4.52. The standard InChI is InChI=1S/C63H47N3/c1-44-41-52(38-40-60(44)65(50-27-11-5-12-28-50)62-45(2)55-31-18-20-34-61(55)66(62)51-29-13-6-14-30-51)64(53-36-35-46-21-15-16-22-47(46)42-53)54-37-39-57-56-32-17-19-33-58(56)63(59(57)43-54,48-23-7-3-8-24-48)49-25-9-4-10-26-49/h3-43H,1-2H3. The summed E-state index contributed by atoms with van der Waals surface area (Å²) in [6.07, 6.45) is 0. The number of anilines is 6. The fourth-order valence-electron chi connectivity index (χ4n) is 10.8. The molecular formula is C63H47N3. The first-order valence-electron chi connectivity index (χ1n) is 22.9. The Kier molecular flexibility index (Phi) is 9.50. The van der Waals surface area contributed by atoms with Crippen molar-refractivity contribution < 1.29 is 0 Å². The number of para-hydroxylation sites is 3. The maximum Gasteiger partial charge on any atom is 0.126 e. The van der Waals surface area contributed by atoms with Crippen LogP contribution in [0.3, 0.4) is 0 Å². The van der Waals surface area contributed by atoms with Crippen molar-refractivity contribution in [3.63, 3.8) is 0 Å². The van der Waals surface area contributed by atoms with E-state index in [4.69, 9.17) is 0 Å². The molecule has 0 N–H and O–H groups in total. The summed E-state index contributed by atoms with van der Waals surface area (Å²) in [5.74, 6) is 1.12. The molecule has 314 valence electrons. The highest BCUT2D eigenvalue weighted by Crippen LogP contribution is 2.57. The lowest BCUT2D eigenvalue weighted by Gasteiger charge is -2.35. The van der Waals surface area contributed by atoms with Gasteiger partial charge in [0.15, 0.2) is 0 Å². The zero-order valence-corrected chi connectivity index (χ0v) is 37.0. The molecule has 12 rings (SSSR count). The van der Waals surface area contributed by atoms with Crippen LogP contribution in [-0.4, -0.2) is 4.57 Å². The number of nitrogens with zero attached hydrogens (tertiary/aromatic N) is 3. The molecule has 1 aliphatic carbocycles. The van der Waals surface area contributed by atoms with E-state index >= 15 is 0 Å². The Labute approximate surface area is 386 Å². The minimum absolute atomic E-state index is 0.523. The van der Waals surface area contributed by atoms with E-state index in [0.717, 1.165) is 45.5 Å². The Balaban J connectivity index is 1.08. The van der Waals surface area contributed by atoms with E-state index in [1.165, 1.54) is 60.6 Å². The molecule has 1 aliphatic rings. The van der Waals surface area contributed by atoms with E-state index in [1.54, 1.807) is 0 Å². The van der Waals surface area contributed by atoms with Crippen LogP contribution >= 0.6 is 0 Å². The zero-order chi connectivity index (χ0) is 44.2. The first kappa shape index (κ1) is 39.2. The molecule has 1 heterocycles. The summed E-state index contributed by atoms with van der Waals surface area (Å²) in [7, 11) is 0. The molecule has 3 nitrogen and oxygen atoms in total. The summed E-state index contributed by atoms with van der Waals surface area (Å²) in [5.41, 5.74) is 17.2. The molecular weight excluding hydrogens is 799 g/mol. The van der Waals surface area contributed by atoms with Gasteiger partial charge in [0, 0.05) is 39.4 Å². The first-order valence-corrected chi connectivity index (χ1v) is 22.9. The topological polar surface area (TPSA) is 11.4 Å². The van der Waals surface area contributed by atoms with Gasteiger partial charge in [0.25, 0.3) is 0 Å². The average molecular weight is 846 g/mol. The molecule has 0 unspecified atom stereocenters. The number of fused-ring (bicyclic) bond motifs is 5. The van der Waals surface area contributed by atoms with E-state index in [1.807, 2.05) is 0 Å². The fraction of sp³-hybridized carbons (Fsp3) is 0.0476. The third-order valence-corrected chi connectivity index (χ3v) is 13.7. The highest BCUT2D eigenvalue weighted by Gasteiger charge is 2.46. The Morgan fingerprint density at radius 1 is 0.379 bits per heavy atom. The zero-order valence-electron chi connectivity index (χ0n) is 37.0. The predicted octanol–water partition coefficient (Wildman–Crippen LogP) is 16.7. The minimum Gasteiger partial charge on any atom is -0.310 e. The van der Waals surface area contributed by atoms with Crippen molar-refractivity contribution in [2.75, 3.05) is 9.80 Å². The highest BCUT2D eigenvalue weighted by molar-refractivity contribution is 5.97. The molecule has 0 atom stereocenters. The molecule has 11 aromatic rings. The summed E-state index contributed by atoms with van der Waals surface area (Å²) in [5, 5.41) is 3.64. The molecule has 0 saturated heterocycles. The number of hydrogen-bond donors (Lipinski definition) is 0. The van der Waals surface area contributed by atoms with Crippen LogP contribution in [-0.2, 0) is 5.41 Å². The van der Waals surface area contributed by atoms with E-state index in [0.29, 0.717) is 0 Å². The van der Waals surface area contributed by atoms with E-state index < -0.39 is 5.41 Å². The maximum absolute atomic E-state index is 2.46. The third-order valence-electron chi connectivity index (χ3n) is 13.7. The lowest BCUT2D eigenvalue weighted by atomic mass is 9.67. The van der Waals surface area contributed by atoms with Crippen LogP contribution in [0.25, 0.3) is 38.5 Å². The molecule has 66 heavy (non-hydrogen) atoms. The Bertz CT molecular complexity index is 3520. The molecule has 0 amide bonds. The Morgan fingerprint density at radius 2 is 0.924 bits per heavy atom. The molecule has 0 saturated carbocycles. The van der Waals surface area contributed by atoms with Gasteiger partial charge >= 0.3 is 0 Å². The Morgan fingerprint density at radius 3 is 1.65 bits per heavy atom. The molecule has 0 radical (unpaired) electrons. The lowest BCUT2D eigenvalue weighted by Crippen LogP contribution is -2.28. The minimum atomic E-state index is -0.523. The van der Waals surface area contributed by atoms with Crippen molar-refractivity contribution in [3.8, 4) is 16.8 Å². The monoisotopic (exact) mass is 845 g/mol. The summed E-state index contributed by atoms with van der Waals surface area (Å²) in [4.78, 5) is 4.90. The second-order valence-electron chi connectivity index (χ2n) is 17.4. The molecule has 10 aromatic carbocycles. The third kappa shape index (κ3) is 6.19. The normalized spacial score (nSPS) is 12.5. The number of aryl methyl sites for hydroxylation is 2. The van der Waals surface area contributed by atoms with Crippen molar-refractivity contribution in [1.82, 2.24) is 4.57 Å². The quantitative estimate of drug-likeness (QED) is 0.143. The smallest absolute Gasteiger partial charge is 0.126 e. The molecule has 0 fully saturated rings. The van der Waals surface area contributed by atoms with E-state index in [-0.39, 0.29) is 0 Å². The number of hydrogen-bond acceptors (Lipinski definition) is 2. The summed E-state index contributed by atoms with van der Waals surface area (Å²) < 4.78 is 2.42. The second kappa shape index (κ2) is 16.0. The SMILES string of the molecule is Cc1cc(N(c2ccc3c(c2)C(c2ccccc2)(c2ccccc2)c2ccccc2-3)c2ccc3ccccc3c2)ccc1N(c1ccccc1)c1c(C)c2ccccc2n1-c1ccccc1. The van der Waals surface area contributed by atoms with Crippen molar-refractivity contribution in [2.45, 2.75) is 19.3 Å². The summed E-state index contributed by atoms with van der Waals surface area (Å²) in [6, 6.07) is 91.1. The van der Waals surface area contributed by atoms with Gasteiger partial charge in [-0.25, -0.2) is 0 Å². The average Bonchev–Trinajstić information content (AvgIpc) is 3.84. The Hall–Kier alpha value is -8.40. The van der Waals surface area contributed by atoms with Crippen molar-refractivity contribution in [2.24, 2.45) is 0 Å². The van der Waals surface area contributed by atoms with Gasteiger partial charge in [0.2, 0.25) is 0 Å².